The average Bonchev–Trinajstić information content (AvgIpc) is 3.13. The molecule has 7 N–H and O–H groups in total. The van der Waals surface area contributed by atoms with Crippen molar-refractivity contribution in [1.82, 2.24) is 20.8 Å². The van der Waals surface area contributed by atoms with E-state index >= 15 is 0 Å². The molecule has 154 valence electrons. The maximum atomic E-state index is 11.5. The van der Waals surface area contributed by atoms with Gasteiger partial charge in [-0.3, -0.25) is 0 Å². The van der Waals surface area contributed by atoms with Gasteiger partial charge in [0.1, 0.15) is 0 Å². The number of urea groups is 1. The molecule has 0 aliphatic heterocycles. The third-order valence-electron chi connectivity index (χ3n) is 3.39. The lowest BCUT2D eigenvalue weighted by Crippen LogP contribution is -2.51. The molecule has 0 fully saturated rings. The van der Waals surface area contributed by atoms with Gasteiger partial charge in [0.05, 0.1) is 25.3 Å². The molecule has 2 rings (SSSR count). The molecule has 0 spiro atoms. The van der Waals surface area contributed by atoms with Gasteiger partial charge in [-0.2, -0.15) is 4.98 Å². The molecule has 1 heterocycles. The predicted molar refractivity (Wildman–Crippen MR) is 98.0 cm³/mol. The van der Waals surface area contributed by atoms with E-state index in [1.165, 1.54) is 12.5 Å². The molecular weight excluding hydrogens is 370 g/mol. The van der Waals surface area contributed by atoms with E-state index in [-0.39, 0.29) is 24.9 Å². The fourth-order valence-electron chi connectivity index (χ4n) is 1.84. The number of carboxylic acid groups (broad SMARTS) is 1. The van der Waals surface area contributed by atoms with Gasteiger partial charge in [0.15, 0.2) is 11.9 Å². The highest BCUT2D eigenvalue weighted by Gasteiger charge is 2.25. The summed E-state index contributed by atoms with van der Waals surface area (Å²) in [6.45, 7) is 2.80. The second-order valence-electron chi connectivity index (χ2n) is 5.87. The number of hydrogen-bond donors (Lipinski definition) is 6. The number of aliphatic carboxylic acids is 1. The summed E-state index contributed by atoms with van der Waals surface area (Å²) < 4.78 is 4.78. The molecule has 2 amide bonds. The van der Waals surface area contributed by atoms with Crippen LogP contribution in [-0.2, 0) is 11.3 Å². The smallest absolute Gasteiger partial charge is 0.328 e. The molecule has 1 aromatic carbocycles. The number of benzene rings is 1. The Labute approximate surface area is 161 Å². The van der Waals surface area contributed by atoms with Crippen LogP contribution in [0.5, 0.6) is 0 Å². The van der Waals surface area contributed by atoms with Gasteiger partial charge in [0, 0.05) is 0 Å². The van der Waals surface area contributed by atoms with Gasteiger partial charge in [-0.25, -0.2) is 9.59 Å². The van der Waals surface area contributed by atoms with E-state index in [0.29, 0.717) is 0 Å². The number of carboxylic acids is 1. The van der Waals surface area contributed by atoms with Crippen molar-refractivity contribution in [3.8, 4) is 0 Å². The monoisotopic (exact) mass is 395 g/mol. The Kier molecular flexibility index (Phi) is 9.57. The number of aryl methyl sites for hydroxylation is 1. The number of hydrogen-bond acceptors (Lipinski definition) is 8. The van der Waals surface area contributed by atoms with Crippen LogP contribution in [0.2, 0.25) is 0 Å². The van der Waals surface area contributed by atoms with Crippen molar-refractivity contribution in [1.29, 1.82) is 0 Å². The van der Waals surface area contributed by atoms with Crippen molar-refractivity contribution >= 4 is 12.0 Å². The molecule has 1 aromatic heterocycles. The zero-order valence-corrected chi connectivity index (χ0v) is 15.6. The third kappa shape index (κ3) is 8.12. The molecule has 0 saturated carbocycles. The first-order valence-corrected chi connectivity index (χ1v) is 8.40. The van der Waals surface area contributed by atoms with Crippen molar-refractivity contribution in [2.45, 2.75) is 38.6 Å². The first-order chi connectivity index (χ1) is 13.2. The third-order valence-corrected chi connectivity index (χ3v) is 3.39. The van der Waals surface area contributed by atoms with Gasteiger partial charge >= 0.3 is 12.0 Å². The maximum Gasteiger partial charge on any atom is 0.328 e. The van der Waals surface area contributed by atoms with E-state index in [1.807, 2.05) is 18.2 Å². The number of carbonyl (C=O) groups is 2. The molecule has 0 aliphatic carbocycles. The number of nitrogens with two attached hydrogens (primary N) is 1. The summed E-state index contributed by atoms with van der Waals surface area (Å²) in [4.78, 5) is 26.1. The highest BCUT2D eigenvalue weighted by molar-refractivity contribution is 5.82. The molecule has 2 aromatic rings. The summed E-state index contributed by atoms with van der Waals surface area (Å²) in [6, 6.07) is 7.21. The van der Waals surface area contributed by atoms with E-state index < -0.39 is 30.2 Å². The topological polar surface area (TPSA) is 184 Å². The van der Waals surface area contributed by atoms with Crippen LogP contribution in [0.1, 0.15) is 30.2 Å². The highest BCUT2D eigenvalue weighted by atomic mass is 16.5. The lowest BCUT2D eigenvalue weighted by atomic mass is 10.2. The second-order valence-corrected chi connectivity index (χ2v) is 5.87. The second kappa shape index (κ2) is 11.6. The van der Waals surface area contributed by atoms with Crippen molar-refractivity contribution in [3.63, 3.8) is 0 Å². The molecule has 0 bridgehead atoms. The minimum absolute atomic E-state index is 0.0352. The first-order valence-electron chi connectivity index (χ1n) is 8.40. The van der Waals surface area contributed by atoms with Crippen molar-refractivity contribution in [2.24, 2.45) is 5.73 Å². The molecule has 0 aliphatic rings. The Balaban J connectivity index is 0.000000467. The minimum Gasteiger partial charge on any atom is -0.480 e. The Morgan fingerprint density at radius 2 is 1.93 bits per heavy atom. The summed E-state index contributed by atoms with van der Waals surface area (Å²) in [7, 11) is 0. The van der Waals surface area contributed by atoms with Crippen LogP contribution in [0.3, 0.4) is 0 Å². The standard InChI is InChI=1S/C10H17N5O6.C7H8/c1-4(17)7(9(18)19)14-10(20)12-2-6-13-8(15-21-6)5(11)3-16;1-7-5-3-2-4-6-7/h4-5,7,16-17H,2-3,11H2,1H3,(H,18,19)(H2,12,14,20);2-6H,1H3. The number of aliphatic hydroxyl groups excluding tert-OH is 2. The van der Waals surface area contributed by atoms with Gasteiger partial charge in [0.25, 0.3) is 0 Å². The largest absolute Gasteiger partial charge is 0.480 e. The summed E-state index contributed by atoms with van der Waals surface area (Å²) in [5.41, 5.74) is 6.79. The van der Waals surface area contributed by atoms with Crippen LogP contribution in [-0.4, -0.2) is 56.2 Å². The van der Waals surface area contributed by atoms with Crippen LogP contribution in [0, 0.1) is 6.92 Å². The lowest BCUT2D eigenvalue weighted by Gasteiger charge is -2.16. The van der Waals surface area contributed by atoms with Gasteiger partial charge in [0.2, 0.25) is 5.89 Å². The van der Waals surface area contributed by atoms with Crippen LogP contribution in [0.4, 0.5) is 4.79 Å². The van der Waals surface area contributed by atoms with E-state index in [2.05, 4.69) is 39.8 Å². The Morgan fingerprint density at radius 1 is 1.29 bits per heavy atom. The van der Waals surface area contributed by atoms with Gasteiger partial charge in [-0.15, -0.1) is 0 Å². The number of nitrogens with one attached hydrogen (secondary N) is 2. The molecule has 0 saturated heterocycles. The summed E-state index contributed by atoms with van der Waals surface area (Å²) in [6.07, 6.45) is -1.26. The fraction of sp³-hybridized carbons (Fsp3) is 0.412. The quantitative estimate of drug-likeness (QED) is 0.366. The molecule has 3 unspecified atom stereocenters. The molecule has 28 heavy (non-hydrogen) atoms. The van der Waals surface area contributed by atoms with Crippen LogP contribution < -0.4 is 16.4 Å². The molecule has 11 heteroatoms. The number of amides is 2. The van der Waals surface area contributed by atoms with Crippen molar-refractivity contribution in [3.05, 3.63) is 47.6 Å². The van der Waals surface area contributed by atoms with Crippen LogP contribution in [0.25, 0.3) is 0 Å². The molecular formula is C17H25N5O6. The molecule has 3 atom stereocenters. The highest BCUT2D eigenvalue weighted by Crippen LogP contribution is 2.05. The average molecular weight is 395 g/mol. The van der Waals surface area contributed by atoms with E-state index in [4.69, 9.17) is 20.5 Å². The fourth-order valence-corrected chi connectivity index (χ4v) is 1.84. The Morgan fingerprint density at radius 3 is 2.39 bits per heavy atom. The SMILES string of the molecule is CC(O)C(NC(=O)NCc1nc(C(N)CO)no1)C(=O)O.Cc1ccccc1. The van der Waals surface area contributed by atoms with E-state index in [0.717, 1.165) is 0 Å². The number of aromatic nitrogens is 2. The summed E-state index contributed by atoms with van der Waals surface area (Å²) in [5.74, 6) is -1.25. The lowest BCUT2D eigenvalue weighted by molar-refractivity contribution is -0.141. The number of rotatable bonds is 7. The summed E-state index contributed by atoms with van der Waals surface area (Å²) in [5, 5.41) is 34.7. The number of aliphatic hydroxyl groups is 2. The predicted octanol–water partition coefficient (Wildman–Crippen LogP) is -0.310. The van der Waals surface area contributed by atoms with Crippen LogP contribution in [0.15, 0.2) is 34.9 Å². The van der Waals surface area contributed by atoms with E-state index in [1.54, 1.807) is 0 Å². The summed E-state index contributed by atoms with van der Waals surface area (Å²) >= 11 is 0. The van der Waals surface area contributed by atoms with Gasteiger partial charge in [-0.05, 0) is 13.8 Å². The molecule has 11 nitrogen and oxygen atoms in total. The Bertz CT molecular complexity index is 737. The minimum atomic E-state index is -1.44. The van der Waals surface area contributed by atoms with E-state index in [9.17, 15) is 14.7 Å². The van der Waals surface area contributed by atoms with Crippen molar-refractivity contribution < 1.29 is 29.4 Å². The number of carbonyl (C=O) groups excluding carboxylic acids is 1. The zero-order chi connectivity index (χ0) is 21.1. The van der Waals surface area contributed by atoms with Gasteiger partial charge in [-0.1, -0.05) is 41.1 Å². The van der Waals surface area contributed by atoms with Gasteiger partial charge < -0.3 is 36.2 Å². The van der Waals surface area contributed by atoms with Crippen LogP contribution >= 0.6 is 0 Å². The molecule has 0 radical (unpaired) electrons. The first kappa shape index (κ1) is 23.0. The number of nitrogens with zero attached hydrogens (tertiary/aromatic N) is 2. The van der Waals surface area contributed by atoms with Crippen molar-refractivity contribution in [2.75, 3.05) is 6.61 Å². The zero-order valence-electron chi connectivity index (χ0n) is 15.6. The maximum absolute atomic E-state index is 11.5. The normalized spacial score (nSPS) is 13.5. The Hall–Kier alpha value is -3.02.